The lowest BCUT2D eigenvalue weighted by Crippen LogP contribution is -2.32. The third-order valence-electron chi connectivity index (χ3n) is 24.4. The molecule has 0 fully saturated rings. The van der Waals surface area contributed by atoms with Gasteiger partial charge in [-0.25, -0.2) is 32.0 Å². The Kier molecular flexibility index (Phi) is 25.8. The molecule has 0 saturated heterocycles. The summed E-state index contributed by atoms with van der Waals surface area (Å²) in [5, 5.41) is 9.58. The number of pyridine rings is 3. The normalized spacial score (nSPS) is 11.5. The third-order valence-corrected chi connectivity index (χ3v) is 24.4. The standard InChI is InChI=1S/C28H29N2O.C23H28N.C22H26FN2.C18H18FN2.C18H19N2/c1-16(2)14-20-8-7-9-24-21(20)12-13-25(30(24)6)26-19(5)17(3)15-23-22-11-10-18(4)29-28(22)31-27(23)26;1-15(2)11-19-7-8-21-20(14-19)9-10-24(6)23(21)22-13-16(3)12-17(4)18(22)5;1-13(2)9-17-7-8-18-20(11-17)24-12-25(6)22(18)19-10-14(3)21(23)16(5)15(19)4;1-11-9-15(12(2)13(3)17(11)19)18-14-7-5-6-8-16(14)20-10-21(18)4;1-12-9-13(2)14(3)16(10-12)18-15-7-5-6-8-17(15)19-11-20(18)4/h7-13,15-16H,14H2,1-6H3;7-10,12-15H,11H2,1-6H3;7-8,10-13H,9H2,1-6H3;5-10H,1-4H3;5-11H,1-4H3/q5*+1. The monoisotopic (exact) mass is 1610 g/mol. The molecule has 0 bridgehead atoms. The van der Waals surface area contributed by atoms with Crippen LogP contribution in [-0.2, 0) is 54.5 Å². The van der Waals surface area contributed by atoms with Crippen LogP contribution in [0.5, 0.6) is 0 Å². The maximum atomic E-state index is 14.3. The van der Waals surface area contributed by atoms with E-state index in [9.17, 15) is 8.78 Å². The number of furan rings is 1. The van der Waals surface area contributed by atoms with Crippen molar-refractivity contribution < 1.29 is 36.0 Å². The van der Waals surface area contributed by atoms with E-state index in [1.807, 2.05) is 127 Å². The highest BCUT2D eigenvalue weighted by Gasteiger charge is 2.28. The van der Waals surface area contributed by atoms with Crippen LogP contribution >= 0.6 is 0 Å². The van der Waals surface area contributed by atoms with Crippen LogP contribution in [0.25, 0.3) is 133 Å². The zero-order chi connectivity index (χ0) is 87.0. The summed E-state index contributed by atoms with van der Waals surface area (Å²) in [5.41, 5.74) is 38.0. The SMILES string of the molecule is Cc1cc(-c2c3ccc(CC(C)C)cc3nc[n+]2C)c(C)c(C)c1F.Cc1cc(-c2c3ccccc3nc[n+]2C)c(C)c(C)c1F.Cc1cc(C)c(C)c(-c2c3ccc(CC(C)C)cc3cc[n+]2C)c1.Cc1cc(C)c(C)c(-c2c3ccccc3nc[n+]2C)c1.Cc1ccc2c(n1)oc1c(-c3ccc4c(CC(C)C)cccc4[n+]3C)c(C)c(C)cc12. The summed E-state index contributed by atoms with van der Waals surface area (Å²) in [4.78, 5) is 18.2. The van der Waals surface area contributed by atoms with Crippen LogP contribution in [0.2, 0.25) is 0 Å². The predicted octanol–water partition coefficient (Wildman–Crippen LogP) is 24.6. The fourth-order valence-electron chi connectivity index (χ4n) is 17.5. The molecule has 7 heterocycles. The fourth-order valence-corrected chi connectivity index (χ4v) is 17.5. The van der Waals surface area contributed by atoms with E-state index in [0.29, 0.717) is 40.2 Å². The number of rotatable bonds is 11. The van der Waals surface area contributed by atoms with Gasteiger partial charge >= 0.3 is 0 Å². The van der Waals surface area contributed by atoms with Crippen molar-refractivity contribution in [2.45, 2.75) is 165 Å². The number of benzene rings is 10. The average molecular weight is 1610 g/mol. The molecule has 7 aromatic heterocycles. The molecule has 17 rings (SSSR count). The lowest BCUT2D eigenvalue weighted by Gasteiger charge is -2.14. The Bertz CT molecular complexity index is 6890. The molecule has 121 heavy (non-hydrogen) atoms. The molecule has 0 atom stereocenters. The van der Waals surface area contributed by atoms with E-state index in [2.05, 4.69) is 297 Å². The van der Waals surface area contributed by atoms with Crippen molar-refractivity contribution in [2.24, 2.45) is 53.0 Å². The third kappa shape index (κ3) is 17.9. The van der Waals surface area contributed by atoms with Gasteiger partial charge in [0.1, 0.15) is 42.8 Å². The molecular weight excluding hydrogens is 1490 g/mol. The minimum Gasteiger partial charge on any atom is -0.437 e. The molecule has 0 saturated carbocycles. The van der Waals surface area contributed by atoms with Crippen LogP contribution < -0.4 is 22.8 Å². The second-order valence-corrected chi connectivity index (χ2v) is 35.2. The summed E-state index contributed by atoms with van der Waals surface area (Å²) in [6, 6.07) is 62.7. The van der Waals surface area contributed by atoms with E-state index in [0.717, 1.165) is 119 Å². The van der Waals surface area contributed by atoms with Gasteiger partial charge in [-0.1, -0.05) is 119 Å². The van der Waals surface area contributed by atoms with Crippen molar-refractivity contribution >= 4 is 76.5 Å². The summed E-state index contributed by atoms with van der Waals surface area (Å²) in [5.74, 6) is 1.70. The average Bonchev–Trinajstić information content (AvgIpc) is 1.60. The Morgan fingerprint density at radius 2 is 0.793 bits per heavy atom. The summed E-state index contributed by atoms with van der Waals surface area (Å²) in [6.45, 7) is 44.4. The van der Waals surface area contributed by atoms with E-state index in [-0.39, 0.29) is 11.6 Å². The highest BCUT2D eigenvalue weighted by Crippen LogP contribution is 2.41. The molecule has 0 spiro atoms. The number of hydrogen-bond donors (Lipinski definition) is 0. The molecular formula is C109H120F2N9O+5. The van der Waals surface area contributed by atoms with Gasteiger partial charge < -0.3 is 4.42 Å². The molecule has 0 aliphatic carbocycles. The van der Waals surface area contributed by atoms with Gasteiger partial charge in [-0.2, -0.15) is 4.57 Å². The van der Waals surface area contributed by atoms with Crippen LogP contribution in [-0.4, -0.2) is 19.9 Å². The number of aryl methyl sites for hydroxylation is 13. The van der Waals surface area contributed by atoms with Gasteiger partial charge in [0.15, 0.2) is 28.3 Å². The minimum atomic E-state index is -0.114. The number of fused-ring (bicyclic) bond motifs is 8. The first-order valence-electron chi connectivity index (χ1n) is 42.6. The van der Waals surface area contributed by atoms with Gasteiger partial charge in [0, 0.05) is 56.7 Å². The Morgan fingerprint density at radius 3 is 1.31 bits per heavy atom. The van der Waals surface area contributed by atoms with Gasteiger partial charge in [-0.3, -0.25) is 0 Å². The highest BCUT2D eigenvalue weighted by atomic mass is 19.1. The van der Waals surface area contributed by atoms with E-state index >= 15 is 0 Å². The first kappa shape index (κ1) is 86.7. The molecule has 0 aliphatic rings. The van der Waals surface area contributed by atoms with Gasteiger partial charge in [-0.15, -0.1) is 0 Å². The molecule has 616 valence electrons. The first-order valence-corrected chi connectivity index (χ1v) is 42.6. The van der Waals surface area contributed by atoms with Crippen molar-refractivity contribution in [3.8, 4) is 56.3 Å². The summed E-state index contributed by atoms with van der Waals surface area (Å²) >= 11 is 0. The minimum absolute atomic E-state index is 0.110. The van der Waals surface area contributed by atoms with Crippen LogP contribution in [0.15, 0.2) is 206 Å². The van der Waals surface area contributed by atoms with Crippen molar-refractivity contribution in [1.82, 2.24) is 19.9 Å². The van der Waals surface area contributed by atoms with Crippen LogP contribution in [0.4, 0.5) is 8.78 Å². The Hall–Kier alpha value is -12.2. The van der Waals surface area contributed by atoms with E-state index < -0.39 is 0 Å². The lowest BCUT2D eigenvalue weighted by atomic mass is 9.93. The molecule has 0 amide bonds. The van der Waals surface area contributed by atoms with Crippen LogP contribution in [0.3, 0.4) is 0 Å². The molecule has 0 aliphatic heterocycles. The van der Waals surface area contributed by atoms with Gasteiger partial charge in [-0.05, 0) is 336 Å². The molecule has 10 aromatic carbocycles. The molecule has 17 aromatic rings. The quantitative estimate of drug-likeness (QED) is 0.121. The number of nitrogens with zero attached hydrogens (tertiary/aromatic N) is 9. The maximum absolute atomic E-state index is 14.3. The maximum Gasteiger partial charge on any atom is 0.287 e. The van der Waals surface area contributed by atoms with E-state index in [4.69, 9.17) is 4.42 Å². The van der Waals surface area contributed by atoms with Crippen molar-refractivity contribution in [3.05, 3.63) is 313 Å². The second kappa shape index (κ2) is 36.0. The summed E-state index contributed by atoms with van der Waals surface area (Å²) in [6.07, 6.45) is 11.0. The number of halogens is 2. The predicted molar refractivity (Wildman–Crippen MR) is 498 cm³/mol. The van der Waals surface area contributed by atoms with E-state index in [1.54, 1.807) is 0 Å². The number of aromatic nitrogens is 9. The summed E-state index contributed by atoms with van der Waals surface area (Å²) < 4.78 is 45.4. The van der Waals surface area contributed by atoms with Crippen molar-refractivity contribution in [1.29, 1.82) is 0 Å². The zero-order valence-electron chi connectivity index (χ0n) is 76.1. The van der Waals surface area contributed by atoms with Crippen LogP contribution in [0.1, 0.15) is 142 Å². The lowest BCUT2D eigenvalue weighted by molar-refractivity contribution is -0.662. The zero-order valence-corrected chi connectivity index (χ0v) is 76.1. The molecule has 10 nitrogen and oxygen atoms in total. The highest BCUT2D eigenvalue weighted by molar-refractivity contribution is 6.09. The van der Waals surface area contributed by atoms with Gasteiger partial charge in [0.05, 0.1) is 53.8 Å². The largest absolute Gasteiger partial charge is 0.437 e. The Balaban J connectivity index is 0.000000132. The Morgan fingerprint density at radius 1 is 0.347 bits per heavy atom. The number of para-hydroxylation sites is 2. The molecule has 0 unspecified atom stereocenters. The Labute approximate surface area is 715 Å². The van der Waals surface area contributed by atoms with Crippen LogP contribution in [0, 0.1) is 133 Å². The smallest absolute Gasteiger partial charge is 0.287 e. The van der Waals surface area contributed by atoms with Crippen molar-refractivity contribution in [3.63, 3.8) is 0 Å². The first-order chi connectivity index (χ1) is 57.6. The summed E-state index contributed by atoms with van der Waals surface area (Å²) in [7, 11) is 10.3. The van der Waals surface area contributed by atoms with Gasteiger partial charge in [0.25, 0.3) is 19.0 Å². The van der Waals surface area contributed by atoms with Crippen molar-refractivity contribution in [2.75, 3.05) is 0 Å². The molecule has 0 N–H and O–H groups in total. The molecule has 0 radical (unpaired) electrons. The number of hydrogen-bond acceptors (Lipinski definition) is 5. The fraction of sp³-hybridized carbons (Fsp3) is 0.294. The van der Waals surface area contributed by atoms with Gasteiger partial charge in [0.2, 0.25) is 22.6 Å². The van der Waals surface area contributed by atoms with E-state index in [1.165, 1.54) is 111 Å². The second-order valence-electron chi connectivity index (χ2n) is 35.2. The topological polar surface area (TPSA) is 84.1 Å². The molecule has 12 heteroatoms.